The standard InChI is InChI=1S/C31H34I2N4O7S2/c1-2-31(44-30(41)42-11-12-45-46-17-22(34)27(38)35-10-6-5-9-25(32)33)21-14-24-26-19(13-18-7-3-4-8-23(18)36-26)15-37(24)28(39)20(21)16-43-29(31)40/h3-4,7-8,13-14,22,25H,2,5-6,9-12,15-17,34H2,1H3,(H,35,38)/t22-,31-/m0/s1/i25T. The van der Waals surface area contributed by atoms with E-state index >= 15 is 0 Å². The summed E-state index contributed by atoms with van der Waals surface area (Å²) in [6.45, 7) is 2.29. The summed E-state index contributed by atoms with van der Waals surface area (Å²) in [5.74, 6) is -0.245. The molecule has 0 unspecified atom stereocenters. The van der Waals surface area contributed by atoms with E-state index in [-0.39, 0.29) is 42.2 Å². The molecule has 0 radical (unpaired) electrons. The Morgan fingerprint density at radius 3 is 2.83 bits per heavy atom. The van der Waals surface area contributed by atoms with Crippen LogP contribution in [0.2, 0.25) is 0 Å². The second-order valence-electron chi connectivity index (χ2n) is 10.8. The molecule has 0 saturated heterocycles. The number of esters is 1. The predicted molar refractivity (Wildman–Crippen MR) is 196 cm³/mol. The summed E-state index contributed by atoms with van der Waals surface area (Å²) in [5.41, 5.74) is 7.21. The van der Waals surface area contributed by atoms with Crippen LogP contribution in [0.1, 0.15) is 50.7 Å². The smallest absolute Gasteiger partial charge is 0.457 e. The number of carbonyl (C=O) groups excluding carboxylic acids is 3. The fourth-order valence-corrected chi connectivity index (χ4v) is 8.11. The van der Waals surface area contributed by atoms with Crippen molar-refractivity contribution in [2.45, 2.75) is 59.3 Å². The summed E-state index contributed by atoms with van der Waals surface area (Å²) >= 11 is 4.16. The first-order valence-electron chi connectivity index (χ1n) is 15.3. The van der Waals surface area contributed by atoms with E-state index in [2.05, 4.69) is 50.5 Å². The first-order chi connectivity index (χ1) is 22.4. The fourth-order valence-electron chi connectivity index (χ4n) is 5.40. The van der Waals surface area contributed by atoms with Crippen LogP contribution in [0, 0.1) is 0 Å². The molecular formula is C31H34I2N4O7S2. The minimum absolute atomic E-state index is 0.0119. The minimum Gasteiger partial charge on any atom is -0.457 e. The molecule has 0 saturated carbocycles. The van der Waals surface area contributed by atoms with Gasteiger partial charge in [0.15, 0.2) is 0 Å². The number of nitrogens with zero attached hydrogens (tertiary/aromatic N) is 2. The minimum atomic E-state index is -1.85. The number of aromatic nitrogens is 2. The topological polar surface area (TPSA) is 152 Å². The van der Waals surface area contributed by atoms with Gasteiger partial charge in [0, 0.05) is 34.6 Å². The normalized spacial score (nSPS) is 17.7. The molecule has 46 heavy (non-hydrogen) atoms. The first-order valence-corrected chi connectivity index (χ1v) is 19.4. The quantitative estimate of drug-likeness (QED) is 0.0549. The maximum atomic E-state index is 13.7. The number of hydrogen-bond acceptors (Lipinski definition) is 11. The van der Waals surface area contributed by atoms with Gasteiger partial charge in [-0.2, -0.15) is 0 Å². The van der Waals surface area contributed by atoms with Crippen molar-refractivity contribution in [1.82, 2.24) is 14.9 Å². The molecule has 246 valence electrons. The first kappa shape index (κ1) is 33.8. The van der Waals surface area contributed by atoms with Crippen LogP contribution in [-0.4, -0.2) is 60.2 Å². The molecule has 2 atom stereocenters. The van der Waals surface area contributed by atoms with Gasteiger partial charge in [0.05, 0.1) is 38.3 Å². The van der Waals surface area contributed by atoms with Crippen molar-refractivity contribution in [2.75, 3.05) is 24.7 Å². The monoisotopic (exact) mass is 894 g/mol. The molecule has 3 N–H and O–H groups in total. The number of benzene rings is 1. The molecule has 3 aromatic rings. The molecule has 0 aliphatic carbocycles. The molecule has 0 spiro atoms. The zero-order valence-corrected chi connectivity index (χ0v) is 31.0. The molecule has 1 amide bonds. The van der Waals surface area contributed by atoms with Gasteiger partial charge in [0.2, 0.25) is 11.5 Å². The molecule has 15 heteroatoms. The molecule has 0 fully saturated rings. The van der Waals surface area contributed by atoms with Crippen LogP contribution < -0.4 is 16.6 Å². The highest BCUT2D eigenvalue weighted by Gasteiger charge is 2.51. The van der Waals surface area contributed by atoms with E-state index in [1.165, 1.54) is 21.6 Å². The number of unbranched alkanes of at least 4 members (excludes halogenated alkanes) is 1. The van der Waals surface area contributed by atoms with Crippen molar-refractivity contribution in [3.8, 4) is 11.4 Å². The Balaban J connectivity index is 1.16. The number of carbonyl (C=O) groups is 3. The highest BCUT2D eigenvalue weighted by molar-refractivity contribution is 14.2. The van der Waals surface area contributed by atoms with E-state index in [1.54, 1.807) is 17.6 Å². The summed E-state index contributed by atoms with van der Waals surface area (Å²) < 4.78 is 25.3. The lowest BCUT2D eigenvalue weighted by Gasteiger charge is -2.35. The number of para-hydroxylation sites is 1. The summed E-state index contributed by atoms with van der Waals surface area (Å²) in [5, 5.41) is 3.78. The highest BCUT2D eigenvalue weighted by Crippen LogP contribution is 2.41. The number of rotatable bonds is 14. The molecular weight excluding hydrogens is 858 g/mol. The van der Waals surface area contributed by atoms with Crippen LogP contribution in [0.15, 0.2) is 41.2 Å². The molecule has 5 rings (SSSR count). The van der Waals surface area contributed by atoms with Gasteiger partial charge >= 0.3 is 12.1 Å². The summed E-state index contributed by atoms with van der Waals surface area (Å²) in [7, 11) is 2.77. The van der Waals surface area contributed by atoms with Gasteiger partial charge < -0.3 is 29.8 Å². The van der Waals surface area contributed by atoms with E-state index in [1.807, 2.05) is 30.3 Å². The third-order valence-electron chi connectivity index (χ3n) is 7.79. The van der Waals surface area contributed by atoms with Gasteiger partial charge in [0.25, 0.3) is 5.56 Å². The average Bonchev–Trinajstić information content (AvgIpc) is 3.39. The van der Waals surface area contributed by atoms with Crippen LogP contribution in [0.25, 0.3) is 22.3 Å². The number of fused-ring (bicyclic) bond motifs is 5. The Morgan fingerprint density at radius 2 is 2.04 bits per heavy atom. The second-order valence-corrected chi connectivity index (χ2v) is 18.1. The van der Waals surface area contributed by atoms with E-state index in [0.29, 0.717) is 36.0 Å². The van der Waals surface area contributed by atoms with Gasteiger partial charge in [-0.15, -0.1) is 0 Å². The number of nitrogens with one attached hydrogen (secondary N) is 1. The Labute approximate surface area is 302 Å². The lowest BCUT2D eigenvalue weighted by Crippen LogP contribution is -2.47. The maximum Gasteiger partial charge on any atom is 0.509 e. The van der Waals surface area contributed by atoms with Crippen molar-refractivity contribution in [1.29, 1.82) is 0 Å². The molecule has 1 aromatic carbocycles. The third kappa shape index (κ3) is 7.79. The van der Waals surface area contributed by atoms with Crippen molar-refractivity contribution < 1.29 is 30.0 Å². The van der Waals surface area contributed by atoms with Gasteiger partial charge in [0.1, 0.15) is 13.2 Å². The largest absolute Gasteiger partial charge is 0.509 e. The number of pyridine rings is 2. The van der Waals surface area contributed by atoms with Crippen LogP contribution >= 0.6 is 66.8 Å². The van der Waals surface area contributed by atoms with Crippen LogP contribution in [0.3, 0.4) is 0 Å². The van der Waals surface area contributed by atoms with Gasteiger partial charge in [-0.3, -0.25) is 9.59 Å². The second kappa shape index (κ2) is 15.9. The number of nitrogens with two attached hydrogens (primary N) is 1. The molecule has 4 heterocycles. The zero-order valence-electron chi connectivity index (χ0n) is 26.0. The molecule has 2 aliphatic rings. The lowest BCUT2D eigenvalue weighted by atomic mass is 9.85. The number of amides is 1. The summed E-state index contributed by atoms with van der Waals surface area (Å²) in [4.78, 5) is 56.8. The SMILES string of the molecule is [3H]C(I)(I)CCCCNC(=O)[C@@H](N)CSSCCOC(=O)O[C@]1(CC)C(=O)OCc2c1cc1n(c2=O)Cc2cc3ccccc3nc2-1. The Kier molecular flexibility index (Phi) is 11.7. The number of ether oxygens (including phenoxy) is 3. The van der Waals surface area contributed by atoms with E-state index in [9.17, 15) is 19.2 Å². The predicted octanol–water partition coefficient (Wildman–Crippen LogP) is 5.43. The van der Waals surface area contributed by atoms with Crippen LogP contribution in [-0.2, 0) is 42.6 Å². The average molecular weight is 895 g/mol. The Bertz CT molecular complexity index is 1740. The highest BCUT2D eigenvalue weighted by atomic mass is 127. The fraction of sp³-hybridized carbons (Fsp3) is 0.452. The lowest BCUT2D eigenvalue weighted by molar-refractivity contribution is -0.175. The number of hydrogen-bond donors (Lipinski definition) is 2. The molecule has 2 aromatic heterocycles. The zero-order chi connectivity index (χ0) is 33.8. The van der Waals surface area contributed by atoms with E-state index in [4.69, 9.17) is 26.3 Å². The van der Waals surface area contributed by atoms with Crippen molar-refractivity contribution in [3.05, 3.63) is 63.4 Å². The van der Waals surface area contributed by atoms with Gasteiger partial charge in [-0.25, -0.2) is 14.6 Å². The van der Waals surface area contributed by atoms with Crippen LogP contribution in [0.4, 0.5) is 4.79 Å². The van der Waals surface area contributed by atoms with Gasteiger partial charge in [-0.1, -0.05) is 91.9 Å². The number of alkyl halides is 2. The van der Waals surface area contributed by atoms with E-state index < -0.39 is 25.7 Å². The molecule has 0 bridgehead atoms. The van der Waals surface area contributed by atoms with E-state index in [0.717, 1.165) is 35.7 Å². The molecule has 11 nitrogen and oxygen atoms in total. The summed E-state index contributed by atoms with van der Waals surface area (Å²) in [6, 6.07) is 10.7. The maximum absolute atomic E-state index is 13.7. The van der Waals surface area contributed by atoms with Crippen molar-refractivity contribution in [2.24, 2.45) is 5.73 Å². The number of cyclic esters (lactones) is 1. The number of halogens is 2. The van der Waals surface area contributed by atoms with Crippen molar-refractivity contribution in [3.63, 3.8) is 0 Å². The Morgan fingerprint density at radius 1 is 1.24 bits per heavy atom. The van der Waals surface area contributed by atoms with Gasteiger partial charge in [-0.05, 0) is 43.9 Å². The molecule has 2 aliphatic heterocycles. The van der Waals surface area contributed by atoms with Crippen LogP contribution in [0.5, 0.6) is 0 Å². The third-order valence-corrected chi connectivity index (χ3v) is 11.3. The summed E-state index contributed by atoms with van der Waals surface area (Å²) in [6.07, 6.45) is 1.33. The van der Waals surface area contributed by atoms with Crippen molar-refractivity contribution >= 4 is 95.7 Å². The Hall–Kier alpha value is -2.09.